The van der Waals surface area contributed by atoms with Gasteiger partial charge in [0, 0.05) is 0 Å². The van der Waals surface area contributed by atoms with Gasteiger partial charge in [-0.3, -0.25) is 4.79 Å². The first-order valence-electron chi connectivity index (χ1n) is 5.24. The maximum Gasteiger partial charge on any atom is 0.309 e. The molecule has 1 fully saturated rings. The maximum absolute atomic E-state index is 11.2. The van der Waals surface area contributed by atoms with Crippen molar-refractivity contribution in [2.45, 2.75) is 44.4 Å². The highest BCUT2D eigenvalue weighted by atomic mass is 16.8. The highest BCUT2D eigenvalue weighted by molar-refractivity contribution is 5.73. The average Bonchev–Trinajstić information content (AvgIpc) is 2.64. The molecule has 1 aliphatic carbocycles. The van der Waals surface area contributed by atoms with Gasteiger partial charge in [0.15, 0.2) is 5.79 Å². The van der Waals surface area contributed by atoms with Crippen LogP contribution in [0, 0.1) is 0 Å². The van der Waals surface area contributed by atoms with Crippen LogP contribution in [-0.4, -0.2) is 42.3 Å². The van der Waals surface area contributed by atoms with Crippen LogP contribution in [0.2, 0.25) is 0 Å². The number of ether oxygens (including phenoxy) is 3. The van der Waals surface area contributed by atoms with Gasteiger partial charge in [-0.15, -0.1) is 0 Å². The number of hydrogen-bond donors (Lipinski definition) is 1. The number of fused-ring (bicyclic) bond motifs is 1. The molecule has 1 N–H and O–H groups in total. The number of esters is 1. The van der Waals surface area contributed by atoms with Crippen LogP contribution in [0.25, 0.3) is 0 Å². The molecular formula is C11H16O5. The second kappa shape index (κ2) is 3.84. The van der Waals surface area contributed by atoms with Crippen molar-refractivity contribution in [1.29, 1.82) is 0 Å². The van der Waals surface area contributed by atoms with Gasteiger partial charge in [0.2, 0.25) is 0 Å². The molecule has 0 radical (unpaired) electrons. The zero-order valence-corrected chi connectivity index (χ0v) is 9.60. The van der Waals surface area contributed by atoms with Gasteiger partial charge in [0.05, 0.1) is 13.5 Å². The molecule has 2 aliphatic rings. The summed E-state index contributed by atoms with van der Waals surface area (Å²) in [6.45, 7) is 3.57. The lowest BCUT2D eigenvalue weighted by Gasteiger charge is -2.18. The molecule has 0 saturated carbocycles. The first kappa shape index (κ1) is 11.6. The summed E-state index contributed by atoms with van der Waals surface area (Å²) < 4.78 is 15.8. The molecule has 5 heteroatoms. The molecule has 0 bridgehead atoms. The van der Waals surface area contributed by atoms with E-state index in [0.29, 0.717) is 0 Å². The number of carbonyl (C=O) groups excluding carboxylic acids is 1. The number of methoxy groups -OCH3 is 1. The number of carbonyl (C=O) groups is 1. The van der Waals surface area contributed by atoms with Crippen molar-refractivity contribution in [2.24, 2.45) is 0 Å². The van der Waals surface area contributed by atoms with Crippen molar-refractivity contribution in [3.63, 3.8) is 0 Å². The van der Waals surface area contributed by atoms with E-state index in [4.69, 9.17) is 9.47 Å². The van der Waals surface area contributed by atoms with E-state index >= 15 is 0 Å². The van der Waals surface area contributed by atoms with Gasteiger partial charge in [-0.2, -0.15) is 0 Å². The van der Waals surface area contributed by atoms with Gasteiger partial charge in [0.25, 0.3) is 0 Å². The van der Waals surface area contributed by atoms with Crippen LogP contribution in [0.4, 0.5) is 0 Å². The Balaban J connectivity index is 2.11. The quantitative estimate of drug-likeness (QED) is 0.546. The first-order chi connectivity index (χ1) is 7.43. The molecule has 3 atom stereocenters. The monoisotopic (exact) mass is 228 g/mol. The topological polar surface area (TPSA) is 65.0 Å². The van der Waals surface area contributed by atoms with E-state index in [-0.39, 0.29) is 18.5 Å². The largest absolute Gasteiger partial charge is 0.469 e. The van der Waals surface area contributed by atoms with Gasteiger partial charge in [0.1, 0.15) is 18.3 Å². The Morgan fingerprint density at radius 2 is 2.25 bits per heavy atom. The van der Waals surface area contributed by atoms with E-state index in [1.807, 2.05) is 0 Å². The fourth-order valence-electron chi connectivity index (χ4n) is 2.13. The minimum absolute atomic E-state index is 0.133. The second-order valence-electron chi connectivity index (χ2n) is 4.51. The SMILES string of the molecule is COC(=O)CC1=C[C@H](O)[C@@H]2OC(C)(C)O[C@H]12. The molecule has 16 heavy (non-hydrogen) atoms. The Labute approximate surface area is 94.0 Å². The molecule has 1 saturated heterocycles. The molecule has 0 amide bonds. The summed E-state index contributed by atoms with van der Waals surface area (Å²) in [5, 5.41) is 9.75. The van der Waals surface area contributed by atoms with E-state index in [0.717, 1.165) is 5.57 Å². The normalized spacial score (nSPS) is 35.8. The standard InChI is InChI=1S/C11H16O5/c1-11(2)15-9-6(5-8(13)14-3)4-7(12)10(9)16-11/h4,7,9-10,12H,5H2,1-3H3/t7-,9+,10-/m0/s1. The fraction of sp³-hybridized carbons (Fsp3) is 0.727. The predicted molar refractivity (Wildman–Crippen MR) is 54.5 cm³/mol. The highest BCUT2D eigenvalue weighted by Crippen LogP contribution is 2.39. The van der Waals surface area contributed by atoms with E-state index in [1.165, 1.54) is 7.11 Å². The van der Waals surface area contributed by atoms with Crippen LogP contribution in [0.3, 0.4) is 0 Å². The minimum atomic E-state index is -0.716. The van der Waals surface area contributed by atoms with Crippen molar-refractivity contribution >= 4 is 5.97 Å². The van der Waals surface area contributed by atoms with Crippen molar-refractivity contribution in [1.82, 2.24) is 0 Å². The van der Waals surface area contributed by atoms with Gasteiger partial charge in [-0.25, -0.2) is 0 Å². The summed E-state index contributed by atoms with van der Waals surface area (Å²) in [7, 11) is 1.34. The molecule has 90 valence electrons. The van der Waals surface area contributed by atoms with Gasteiger partial charge >= 0.3 is 5.97 Å². The fourth-order valence-corrected chi connectivity index (χ4v) is 2.13. The molecule has 2 rings (SSSR count). The predicted octanol–water partition coefficient (Wildman–Crippen LogP) is 0.370. The molecule has 0 aromatic rings. The van der Waals surface area contributed by atoms with Gasteiger partial charge in [-0.05, 0) is 19.4 Å². The molecule has 5 nitrogen and oxygen atoms in total. The highest BCUT2D eigenvalue weighted by Gasteiger charge is 2.49. The molecule has 0 unspecified atom stereocenters. The van der Waals surface area contributed by atoms with Crippen molar-refractivity contribution in [3.8, 4) is 0 Å². The smallest absolute Gasteiger partial charge is 0.309 e. The van der Waals surface area contributed by atoms with Crippen LogP contribution >= 0.6 is 0 Å². The van der Waals surface area contributed by atoms with Crippen LogP contribution in [0.1, 0.15) is 20.3 Å². The number of aliphatic hydroxyl groups excluding tert-OH is 1. The van der Waals surface area contributed by atoms with Crippen LogP contribution in [0.5, 0.6) is 0 Å². The zero-order valence-electron chi connectivity index (χ0n) is 9.60. The van der Waals surface area contributed by atoms with E-state index in [2.05, 4.69) is 4.74 Å². The molecule has 0 aromatic carbocycles. The number of aliphatic hydroxyl groups is 1. The van der Waals surface area contributed by atoms with Crippen molar-refractivity contribution in [2.75, 3.05) is 7.11 Å². The number of hydrogen-bond acceptors (Lipinski definition) is 5. The molecule has 1 heterocycles. The third kappa shape index (κ3) is 1.98. The Kier molecular flexibility index (Phi) is 2.77. The zero-order chi connectivity index (χ0) is 11.9. The van der Waals surface area contributed by atoms with Crippen LogP contribution < -0.4 is 0 Å². The maximum atomic E-state index is 11.2. The van der Waals surface area contributed by atoms with Crippen molar-refractivity contribution < 1.29 is 24.1 Å². The van der Waals surface area contributed by atoms with Crippen molar-refractivity contribution in [3.05, 3.63) is 11.6 Å². The molecule has 0 aromatic heterocycles. The Hall–Kier alpha value is -0.910. The van der Waals surface area contributed by atoms with Gasteiger partial charge < -0.3 is 19.3 Å². The molecular weight excluding hydrogens is 212 g/mol. The Bertz CT molecular complexity index is 333. The first-order valence-corrected chi connectivity index (χ1v) is 5.24. The van der Waals surface area contributed by atoms with E-state index in [1.54, 1.807) is 19.9 Å². The summed E-state index contributed by atoms with van der Waals surface area (Å²) in [5.74, 6) is -1.06. The van der Waals surface area contributed by atoms with Crippen LogP contribution in [0.15, 0.2) is 11.6 Å². The summed E-state index contributed by atoms with van der Waals surface area (Å²) in [6.07, 6.45) is 0.278. The molecule has 1 aliphatic heterocycles. The minimum Gasteiger partial charge on any atom is -0.469 e. The summed E-state index contributed by atoms with van der Waals surface area (Å²) in [6, 6.07) is 0. The Morgan fingerprint density at radius 1 is 1.56 bits per heavy atom. The molecule has 0 spiro atoms. The summed E-state index contributed by atoms with van der Waals surface area (Å²) in [4.78, 5) is 11.2. The number of rotatable bonds is 2. The second-order valence-corrected chi connectivity index (χ2v) is 4.51. The summed E-state index contributed by atoms with van der Waals surface area (Å²) in [5.41, 5.74) is 0.731. The average molecular weight is 228 g/mol. The lowest BCUT2D eigenvalue weighted by Crippen LogP contribution is -2.29. The summed E-state index contributed by atoms with van der Waals surface area (Å²) >= 11 is 0. The third-order valence-corrected chi connectivity index (χ3v) is 2.79. The van der Waals surface area contributed by atoms with E-state index < -0.39 is 18.0 Å². The lowest BCUT2D eigenvalue weighted by atomic mass is 10.1. The Morgan fingerprint density at radius 3 is 2.88 bits per heavy atom. The van der Waals surface area contributed by atoms with Gasteiger partial charge in [-0.1, -0.05) is 6.08 Å². The van der Waals surface area contributed by atoms with E-state index in [9.17, 15) is 9.90 Å². The third-order valence-electron chi connectivity index (χ3n) is 2.79. The van der Waals surface area contributed by atoms with Crippen LogP contribution in [-0.2, 0) is 19.0 Å². The lowest BCUT2D eigenvalue weighted by molar-refractivity contribution is -0.153.